The highest BCUT2D eigenvalue weighted by Gasteiger charge is 2.09. The van der Waals surface area contributed by atoms with Gasteiger partial charge in [0.1, 0.15) is 17.9 Å². The number of benzene rings is 3. The van der Waals surface area contributed by atoms with Gasteiger partial charge >= 0.3 is 0 Å². The first-order chi connectivity index (χ1) is 15.6. The molecule has 162 valence electrons. The van der Waals surface area contributed by atoms with Crippen molar-refractivity contribution in [3.63, 3.8) is 0 Å². The Morgan fingerprint density at radius 3 is 2.56 bits per heavy atom. The number of halogens is 2. The highest BCUT2D eigenvalue weighted by atomic mass is 35.5. The van der Waals surface area contributed by atoms with Crippen LogP contribution in [0.15, 0.2) is 81.5 Å². The Kier molecular flexibility index (Phi) is 7.32. The number of para-hydroxylation sites is 2. The normalized spacial score (nSPS) is 11.2. The van der Waals surface area contributed by atoms with Crippen LogP contribution in [0.5, 0.6) is 5.75 Å². The minimum Gasteiger partial charge on any atom is -0.489 e. The van der Waals surface area contributed by atoms with Gasteiger partial charge in [0, 0.05) is 15.6 Å². The van der Waals surface area contributed by atoms with Gasteiger partial charge in [-0.1, -0.05) is 53.2 Å². The maximum absolute atomic E-state index is 12.0. The lowest BCUT2D eigenvalue weighted by atomic mass is 10.2. The van der Waals surface area contributed by atoms with Crippen molar-refractivity contribution < 1.29 is 13.9 Å². The van der Waals surface area contributed by atoms with Crippen LogP contribution in [0.2, 0.25) is 10.0 Å². The van der Waals surface area contributed by atoms with Crippen LogP contribution in [0, 0.1) is 0 Å². The molecule has 0 bridgehead atoms. The van der Waals surface area contributed by atoms with E-state index in [9.17, 15) is 4.79 Å². The molecule has 0 aliphatic rings. The molecule has 1 N–H and O–H groups in total. The SMILES string of the molecule is O=C(CSc1nc2ccccc2o1)N/N=C\c1ccc(OCc2c(Cl)cccc2Cl)cc1. The molecule has 4 aromatic rings. The number of thioether (sulfide) groups is 1. The number of carbonyl (C=O) groups is 1. The average molecular weight is 486 g/mol. The molecule has 0 saturated heterocycles. The zero-order valence-electron chi connectivity index (χ0n) is 16.6. The molecule has 0 fully saturated rings. The lowest BCUT2D eigenvalue weighted by molar-refractivity contribution is -0.118. The van der Waals surface area contributed by atoms with Gasteiger partial charge in [0.2, 0.25) is 0 Å². The predicted molar refractivity (Wildman–Crippen MR) is 128 cm³/mol. The standard InChI is InChI=1S/C23H17Cl2N3O3S/c24-18-4-3-5-19(25)17(18)13-30-16-10-8-15(9-11-16)12-26-28-22(29)14-32-23-27-20-6-1-2-7-21(20)31-23/h1-12H,13-14H2,(H,28,29)/b26-12-. The van der Waals surface area contributed by atoms with Crippen LogP contribution in [0.25, 0.3) is 11.1 Å². The van der Waals surface area contributed by atoms with Crippen molar-refractivity contribution >= 4 is 58.2 Å². The first-order valence-corrected chi connectivity index (χ1v) is 11.3. The molecule has 0 aliphatic carbocycles. The van der Waals surface area contributed by atoms with Gasteiger partial charge in [-0.05, 0) is 54.1 Å². The third kappa shape index (κ3) is 5.82. The molecule has 0 atom stereocenters. The number of hydrazone groups is 1. The average Bonchev–Trinajstić information content (AvgIpc) is 3.21. The summed E-state index contributed by atoms with van der Waals surface area (Å²) in [5, 5.41) is 5.54. The fraction of sp³-hybridized carbons (Fsp3) is 0.0870. The van der Waals surface area contributed by atoms with E-state index < -0.39 is 0 Å². The monoisotopic (exact) mass is 485 g/mol. The van der Waals surface area contributed by atoms with Crippen LogP contribution in [-0.2, 0) is 11.4 Å². The Morgan fingerprint density at radius 2 is 1.81 bits per heavy atom. The Hall–Kier alpha value is -3.00. The van der Waals surface area contributed by atoms with E-state index in [0.29, 0.717) is 26.6 Å². The molecule has 3 aromatic carbocycles. The molecular weight excluding hydrogens is 469 g/mol. The van der Waals surface area contributed by atoms with Gasteiger partial charge in [-0.2, -0.15) is 5.10 Å². The fourth-order valence-electron chi connectivity index (χ4n) is 2.73. The highest BCUT2D eigenvalue weighted by molar-refractivity contribution is 7.99. The minimum atomic E-state index is -0.259. The number of nitrogens with zero attached hydrogens (tertiary/aromatic N) is 2. The first-order valence-electron chi connectivity index (χ1n) is 9.54. The summed E-state index contributed by atoms with van der Waals surface area (Å²) in [5.74, 6) is 0.545. The summed E-state index contributed by atoms with van der Waals surface area (Å²) in [6, 6.07) is 20.0. The smallest absolute Gasteiger partial charge is 0.257 e. The van der Waals surface area contributed by atoms with Crippen LogP contribution in [-0.4, -0.2) is 22.9 Å². The molecule has 0 unspecified atom stereocenters. The van der Waals surface area contributed by atoms with Crippen LogP contribution < -0.4 is 10.2 Å². The van der Waals surface area contributed by atoms with E-state index in [2.05, 4.69) is 15.5 Å². The van der Waals surface area contributed by atoms with Gasteiger partial charge in [-0.15, -0.1) is 0 Å². The molecule has 4 rings (SSSR count). The molecule has 0 spiro atoms. The fourth-order valence-corrected chi connectivity index (χ4v) is 3.86. The molecule has 9 heteroatoms. The van der Waals surface area contributed by atoms with E-state index in [1.54, 1.807) is 36.5 Å². The van der Waals surface area contributed by atoms with E-state index >= 15 is 0 Å². The number of oxazole rings is 1. The Balaban J connectivity index is 1.24. The Labute approximate surface area is 198 Å². The quantitative estimate of drug-likeness (QED) is 0.189. The third-order valence-electron chi connectivity index (χ3n) is 4.33. The maximum atomic E-state index is 12.0. The number of aromatic nitrogens is 1. The van der Waals surface area contributed by atoms with Gasteiger partial charge < -0.3 is 9.15 Å². The summed E-state index contributed by atoms with van der Waals surface area (Å²) < 4.78 is 11.3. The second-order valence-electron chi connectivity index (χ2n) is 6.59. The summed E-state index contributed by atoms with van der Waals surface area (Å²) in [5.41, 5.74) is 5.48. The second kappa shape index (κ2) is 10.5. The van der Waals surface area contributed by atoms with Gasteiger partial charge in [-0.25, -0.2) is 10.4 Å². The van der Waals surface area contributed by atoms with E-state index in [4.69, 9.17) is 32.4 Å². The van der Waals surface area contributed by atoms with Gasteiger partial charge in [0.15, 0.2) is 5.58 Å². The molecule has 1 aromatic heterocycles. The van der Waals surface area contributed by atoms with E-state index in [0.717, 1.165) is 16.6 Å². The van der Waals surface area contributed by atoms with E-state index in [1.165, 1.54) is 11.8 Å². The number of hydrogen-bond donors (Lipinski definition) is 1. The Bertz CT molecular complexity index is 1210. The number of amides is 1. The van der Waals surface area contributed by atoms with E-state index in [-0.39, 0.29) is 18.3 Å². The van der Waals surface area contributed by atoms with Crippen LogP contribution in [0.1, 0.15) is 11.1 Å². The van der Waals surface area contributed by atoms with Crippen molar-refractivity contribution in [3.05, 3.63) is 87.9 Å². The summed E-state index contributed by atoms with van der Waals surface area (Å²) in [4.78, 5) is 16.3. The minimum absolute atomic E-state index is 0.140. The summed E-state index contributed by atoms with van der Waals surface area (Å²) in [7, 11) is 0. The van der Waals surface area contributed by atoms with Crippen molar-refractivity contribution in [3.8, 4) is 5.75 Å². The van der Waals surface area contributed by atoms with Gasteiger partial charge in [0.05, 0.1) is 12.0 Å². The molecule has 1 amide bonds. The number of ether oxygens (including phenoxy) is 1. The second-order valence-corrected chi connectivity index (χ2v) is 8.33. The Morgan fingerprint density at radius 1 is 1.06 bits per heavy atom. The highest BCUT2D eigenvalue weighted by Crippen LogP contribution is 2.26. The molecule has 0 saturated carbocycles. The van der Waals surface area contributed by atoms with Crippen LogP contribution in [0.4, 0.5) is 0 Å². The number of rotatable bonds is 8. The zero-order valence-corrected chi connectivity index (χ0v) is 19.0. The first kappa shape index (κ1) is 22.2. The lowest BCUT2D eigenvalue weighted by Gasteiger charge is -2.09. The van der Waals surface area contributed by atoms with Crippen molar-refractivity contribution in [1.29, 1.82) is 0 Å². The summed E-state index contributed by atoms with van der Waals surface area (Å²) in [6.45, 7) is 0.264. The summed E-state index contributed by atoms with van der Waals surface area (Å²) >= 11 is 13.5. The summed E-state index contributed by atoms with van der Waals surface area (Å²) in [6.07, 6.45) is 1.55. The number of fused-ring (bicyclic) bond motifs is 1. The van der Waals surface area contributed by atoms with Crippen molar-refractivity contribution in [2.45, 2.75) is 11.8 Å². The number of hydrogen-bond acceptors (Lipinski definition) is 6. The van der Waals surface area contributed by atoms with Gasteiger partial charge in [-0.3, -0.25) is 4.79 Å². The van der Waals surface area contributed by atoms with Crippen molar-refractivity contribution in [1.82, 2.24) is 10.4 Å². The van der Waals surface area contributed by atoms with Crippen LogP contribution in [0.3, 0.4) is 0 Å². The number of carbonyl (C=O) groups excluding carboxylic acids is 1. The lowest BCUT2D eigenvalue weighted by Crippen LogP contribution is -2.19. The molecule has 0 radical (unpaired) electrons. The predicted octanol–water partition coefficient (Wildman–Crippen LogP) is 5.96. The molecule has 6 nitrogen and oxygen atoms in total. The zero-order chi connectivity index (χ0) is 22.3. The largest absolute Gasteiger partial charge is 0.489 e. The van der Waals surface area contributed by atoms with Crippen LogP contribution >= 0.6 is 35.0 Å². The maximum Gasteiger partial charge on any atom is 0.257 e. The topological polar surface area (TPSA) is 76.7 Å². The number of nitrogens with one attached hydrogen (secondary N) is 1. The third-order valence-corrected chi connectivity index (χ3v) is 5.87. The van der Waals surface area contributed by atoms with E-state index in [1.807, 2.05) is 36.4 Å². The molecular formula is C23H17Cl2N3O3S. The van der Waals surface area contributed by atoms with Crippen molar-refractivity contribution in [2.24, 2.45) is 5.10 Å². The molecule has 0 aliphatic heterocycles. The van der Waals surface area contributed by atoms with Crippen molar-refractivity contribution in [2.75, 3.05) is 5.75 Å². The molecule has 1 heterocycles. The molecule has 32 heavy (non-hydrogen) atoms. The van der Waals surface area contributed by atoms with Gasteiger partial charge in [0.25, 0.3) is 11.1 Å².